The molecular formula is C13H17N3O3S. The van der Waals surface area contributed by atoms with Crippen LogP contribution in [-0.2, 0) is 14.8 Å². The van der Waals surface area contributed by atoms with Gasteiger partial charge in [0.2, 0.25) is 15.9 Å². The highest BCUT2D eigenvalue weighted by atomic mass is 32.2. The van der Waals surface area contributed by atoms with Crippen LogP contribution in [0, 0.1) is 17.8 Å². The molecule has 0 bridgehead atoms. The molecule has 7 heteroatoms. The van der Waals surface area contributed by atoms with Crippen molar-refractivity contribution < 1.29 is 13.2 Å². The van der Waals surface area contributed by atoms with Crippen LogP contribution in [0.15, 0.2) is 29.4 Å². The standard InChI is InChI=1S/C13H17N3O3S/c1-9-12-8-16(7-10(12)5-15-13(9)17)20(18,19)11-3-2-4-14-6-11/h2-4,6,9-10,12H,5,7-8H2,1H3,(H,15,17)/t9-,10-,12-/m1/s1. The first-order chi connectivity index (χ1) is 9.50. The number of carbonyl (C=O) groups is 1. The maximum Gasteiger partial charge on any atom is 0.244 e. The molecule has 0 saturated carbocycles. The van der Waals surface area contributed by atoms with E-state index in [0.717, 1.165) is 0 Å². The van der Waals surface area contributed by atoms with Crippen LogP contribution in [0.5, 0.6) is 0 Å². The molecule has 0 spiro atoms. The van der Waals surface area contributed by atoms with Crippen LogP contribution >= 0.6 is 0 Å². The van der Waals surface area contributed by atoms with Crippen LogP contribution in [0.25, 0.3) is 0 Å². The Bertz CT molecular complexity index is 617. The lowest BCUT2D eigenvalue weighted by atomic mass is 9.81. The first-order valence-electron chi connectivity index (χ1n) is 6.68. The number of carbonyl (C=O) groups excluding carboxylic acids is 1. The van der Waals surface area contributed by atoms with Gasteiger partial charge in [0.25, 0.3) is 0 Å². The molecule has 3 atom stereocenters. The zero-order valence-electron chi connectivity index (χ0n) is 11.2. The number of pyridine rings is 1. The summed E-state index contributed by atoms with van der Waals surface area (Å²) in [7, 11) is -3.51. The summed E-state index contributed by atoms with van der Waals surface area (Å²) in [5.74, 6) is 0.194. The third kappa shape index (κ3) is 2.10. The zero-order valence-corrected chi connectivity index (χ0v) is 12.0. The van der Waals surface area contributed by atoms with Crippen molar-refractivity contribution in [3.8, 4) is 0 Å². The third-order valence-corrected chi connectivity index (χ3v) is 6.14. The van der Waals surface area contributed by atoms with E-state index in [1.54, 1.807) is 18.3 Å². The predicted molar refractivity (Wildman–Crippen MR) is 72.1 cm³/mol. The number of rotatable bonds is 2. The van der Waals surface area contributed by atoms with Crippen molar-refractivity contribution in [1.82, 2.24) is 14.6 Å². The van der Waals surface area contributed by atoms with Crippen molar-refractivity contribution in [2.45, 2.75) is 11.8 Å². The van der Waals surface area contributed by atoms with Gasteiger partial charge in [0.1, 0.15) is 4.90 Å². The summed E-state index contributed by atoms with van der Waals surface area (Å²) in [6.45, 7) is 3.31. The highest BCUT2D eigenvalue weighted by Crippen LogP contribution is 2.35. The van der Waals surface area contributed by atoms with Crippen LogP contribution in [0.4, 0.5) is 0 Å². The minimum Gasteiger partial charge on any atom is -0.356 e. The molecule has 2 saturated heterocycles. The number of hydrogen-bond donors (Lipinski definition) is 1. The number of hydrogen-bond acceptors (Lipinski definition) is 4. The van der Waals surface area contributed by atoms with E-state index in [4.69, 9.17) is 0 Å². The molecule has 3 heterocycles. The maximum atomic E-state index is 12.5. The van der Waals surface area contributed by atoms with Gasteiger partial charge < -0.3 is 5.32 Å². The molecule has 20 heavy (non-hydrogen) atoms. The maximum absolute atomic E-state index is 12.5. The first-order valence-corrected chi connectivity index (χ1v) is 8.12. The molecule has 2 aliphatic heterocycles. The summed E-state index contributed by atoms with van der Waals surface area (Å²) in [6, 6.07) is 3.17. The van der Waals surface area contributed by atoms with Crippen molar-refractivity contribution in [1.29, 1.82) is 0 Å². The average molecular weight is 295 g/mol. The summed E-state index contributed by atoms with van der Waals surface area (Å²) in [4.78, 5) is 15.8. The van der Waals surface area contributed by atoms with Crippen LogP contribution in [-0.4, -0.2) is 43.2 Å². The van der Waals surface area contributed by atoms with Gasteiger partial charge in [-0.25, -0.2) is 8.42 Å². The van der Waals surface area contributed by atoms with E-state index < -0.39 is 10.0 Å². The van der Waals surface area contributed by atoms with E-state index in [1.165, 1.54) is 10.5 Å². The fourth-order valence-corrected chi connectivity index (χ4v) is 4.57. The Labute approximate surface area is 118 Å². The monoisotopic (exact) mass is 295 g/mol. The predicted octanol–water partition coefficient (Wildman–Crippen LogP) is 0.0842. The Morgan fingerprint density at radius 2 is 2.20 bits per heavy atom. The van der Waals surface area contributed by atoms with E-state index >= 15 is 0 Å². The minimum absolute atomic E-state index is 0.0203. The topological polar surface area (TPSA) is 79.4 Å². The van der Waals surface area contributed by atoms with E-state index in [2.05, 4.69) is 10.3 Å². The highest BCUT2D eigenvalue weighted by molar-refractivity contribution is 7.89. The van der Waals surface area contributed by atoms with Crippen molar-refractivity contribution in [2.75, 3.05) is 19.6 Å². The number of sulfonamides is 1. The van der Waals surface area contributed by atoms with Gasteiger partial charge in [-0.05, 0) is 24.0 Å². The summed E-state index contributed by atoms with van der Waals surface area (Å²) < 4.78 is 26.6. The SMILES string of the molecule is C[C@H]1C(=O)NC[C@@H]2CN(S(=O)(=O)c3cccnc3)C[C@@H]21. The molecule has 0 radical (unpaired) electrons. The smallest absolute Gasteiger partial charge is 0.244 e. The molecule has 1 amide bonds. The van der Waals surface area contributed by atoms with Crippen molar-refractivity contribution in [2.24, 2.45) is 17.8 Å². The van der Waals surface area contributed by atoms with Gasteiger partial charge in [-0.15, -0.1) is 0 Å². The molecule has 1 N–H and O–H groups in total. The average Bonchev–Trinajstić information content (AvgIpc) is 2.90. The summed E-state index contributed by atoms with van der Waals surface area (Å²) in [5.41, 5.74) is 0. The normalized spacial score (nSPS) is 30.9. The summed E-state index contributed by atoms with van der Waals surface area (Å²) in [6.07, 6.45) is 2.91. The van der Waals surface area contributed by atoms with E-state index in [9.17, 15) is 13.2 Å². The van der Waals surface area contributed by atoms with Gasteiger partial charge in [-0.1, -0.05) is 6.92 Å². The Balaban J connectivity index is 1.85. The molecule has 108 valence electrons. The highest BCUT2D eigenvalue weighted by Gasteiger charge is 2.45. The van der Waals surface area contributed by atoms with Gasteiger partial charge in [-0.3, -0.25) is 9.78 Å². The Kier molecular flexibility index (Phi) is 3.25. The second-order valence-corrected chi connectivity index (χ2v) is 7.41. The van der Waals surface area contributed by atoms with Crippen LogP contribution < -0.4 is 5.32 Å². The van der Waals surface area contributed by atoms with Gasteiger partial charge in [0, 0.05) is 37.9 Å². The number of nitrogens with one attached hydrogen (secondary N) is 1. The molecular weight excluding hydrogens is 278 g/mol. The Morgan fingerprint density at radius 1 is 1.40 bits per heavy atom. The lowest BCUT2D eigenvalue weighted by molar-refractivity contribution is -0.128. The van der Waals surface area contributed by atoms with Crippen LogP contribution in [0.3, 0.4) is 0 Å². The summed E-state index contributed by atoms with van der Waals surface area (Å²) in [5, 5.41) is 2.84. The minimum atomic E-state index is -3.51. The number of amides is 1. The fraction of sp³-hybridized carbons (Fsp3) is 0.538. The van der Waals surface area contributed by atoms with Gasteiger partial charge in [0.05, 0.1) is 0 Å². The molecule has 0 unspecified atom stereocenters. The molecule has 2 fully saturated rings. The fourth-order valence-electron chi connectivity index (χ4n) is 3.07. The van der Waals surface area contributed by atoms with Crippen LogP contribution in [0.1, 0.15) is 6.92 Å². The van der Waals surface area contributed by atoms with Gasteiger partial charge in [0.15, 0.2) is 0 Å². The van der Waals surface area contributed by atoms with Crippen molar-refractivity contribution >= 4 is 15.9 Å². The van der Waals surface area contributed by atoms with E-state index in [-0.39, 0.29) is 28.6 Å². The molecule has 3 rings (SSSR count). The van der Waals surface area contributed by atoms with Gasteiger partial charge in [-0.2, -0.15) is 4.31 Å². The zero-order chi connectivity index (χ0) is 14.3. The second kappa shape index (κ2) is 4.82. The lowest BCUT2D eigenvalue weighted by Crippen LogP contribution is -2.46. The largest absolute Gasteiger partial charge is 0.356 e. The second-order valence-electron chi connectivity index (χ2n) is 5.47. The lowest BCUT2D eigenvalue weighted by Gasteiger charge is -2.29. The van der Waals surface area contributed by atoms with E-state index in [1.807, 2.05) is 6.92 Å². The molecule has 1 aromatic heterocycles. The van der Waals surface area contributed by atoms with Gasteiger partial charge >= 0.3 is 0 Å². The van der Waals surface area contributed by atoms with Crippen LogP contribution in [0.2, 0.25) is 0 Å². The molecule has 6 nitrogen and oxygen atoms in total. The number of nitrogens with zero attached hydrogens (tertiary/aromatic N) is 2. The number of fused-ring (bicyclic) bond motifs is 1. The molecule has 2 aliphatic rings. The summed E-state index contributed by atoms with van der Waals surface area (Å²) >= 11 is 0. The van der Waals surface area contributed by atoms with Crippen molar-refractivity contribution in [3.05, 3.63) is 24.5 Å². The Hall–Kier alpha value is -1.47. The molecule has 0 aromatic carbocycles. The molecule has 0 aliphatic carbocycles. The quantitative estimate of drug-likeness (QED) is 0.838. The first kappa shape index (κ1) is 13.5. The van der Waals surface area contributed by atoms with E-state index in [0.29, 0.717) is 19.6 Å². The number of aromatic nitrogens is 1. The van der Waals surface area contributed by atoms with Crippen molar-refractivity contribution in [3.63, 3.8) is 0 Å². The molecule has 1 aromatic rings. The third-order valence-electron chi connectivity index (χ3n) is 4.32. The Morgan fingerprint density at radius 3 is 2.90 bits per heavy atom. The number of piperidine rings is 1.